The Morgan fingerprint density at radius 2 is 2.00 bits per heavy atom. The Balaban J connectivity index is 2.04. The van der Waals surface area contributed by atoms with Crippen molar-refractivity contribution in [2.24, 2.45) is 0 Å². The lowest BCUT2D eigenvalue weighted by Gasteiger charge is -2.22. The molecule has 0 unspecified atom stereocenters. The van der Waals surface area contributed by atoms with Crippen LogP contribution in [0, 0.1) is 0 Å². The second kappa shape index (κ2) is 4.17. The van der Waals surface area contributed by atoms with Crippen molar-refractivity contribution in [3.8, 4) is 0 Å². The number of carbonyl (C=O) groups excluding carboxylic acids is 1. The molecule has 0 saturated carbocycles. The molecule has 86 valence electrons. The molecule has 1 amide bonds. The lowest BCUT2D eigenvalue weighted by atomic mass is 9.91. The first-order valence-electron chi connectivity index (χ1n) is 5.37. The van der Waals surface area contributed by atoms with Crippen LogP contribution in [0.4, 0.5) is 5.69 Å². The van der Waals surface area contributed by atoms with Crippen molar-refractivity contribution >= 4 is 34.5 Å². The first-order chi connectivity index (χ1) is 8.24. The number of hydrogen-bond acceptors (Lipinski definition) is 2. The van der Waals surface area contributed by atoms with Crippen molar-refractivity contribution in [1.82, 2.24) is 0 Å². The summed E-state index contributed by atoms with van der Waals surface area (Å²) in [6.07, 6.45) is 0.509. The van der Waals surface area contributed by atoms with E-state index in [2.05, 4.69) is 5.32 Å². The van der Waals surface area contributed by atoms with Gasteiger partial charge in [0.25, 0.3) is 0 Å². The highest BCUT2D eigenvalue weighted by atomic mass is 35.5. The molecule has 0 radical (unpaired) electrons. The number of fused-ring (bicyclic) bond motifs is 1. The zero-order chi connectivity index (χ0) is 11.8. The molecule has 2 aromatic rings. The van der Waals surface area contributed by atoms with Crippen molar-refractivity contribution < 1.29 is 4.79 Å². The molecule has 3 rings (SSSR count). The van der Waals surface area contributed by atoms with E-state index in [1.165, 1.54) is 4.88 Å². The maximum atomic E-state index is 11.6. The van der Waals surface area contributed by atoms with Crippen LogP contribution in [0.2, 0.25) is 5.02 Å². The van der Waals surface area contributed by atoms with E-state index >= 15 is 0 Å². The number of rotatable bonds is 1. The molecule has 17 heavy (non-hydrogen) atoms. The Hall–Kier alpha value is -1.32. The fourth-order valence-electron chi connectivity index (χ4n) is 2.14. The van der Waals surface area contributed by atoms with Gasteiger partial charge in [-0.1, -0.05) is 23.7 Å². The number of carbonyl (C=O) groups is 1. The van der Waals surface area contributed by atoms with Gasteiger partial charge in [0.1, 0.15) is 0 Å². The highest BCUT2D eigenvalue weighted by Gasteiger charge is 2.27. The minimum Gasteiger partial charge on any atom is -0.325 e. The quantitative estimate of drug-likeness (QED) is 0.831. The van der Waals surface area contributed by atoms with Crippen LogP contribution < -0.4 is 5.32 Å². The van der Waals surface area contributed by atoms with Gasteiger partial charge in [-0.3, -0.25) is 4.79 Å². The maximum Gasteiger partial charge on any atom is 0.225 e. The molecule has 2 heterocycles. The summed E-state index contributed by atoms with van der Waals surface area (Å²) in [6, 6.07) is 9.69. The fourth-order valence-corrected chi connectivity index (χ4v) is 3.24. The number of nitrogens with one attached hydrogen (secondary N) is 1. The zero-order valence-electron chi connectivity index (χ0n) is 8.94. The number of halogens is 1. The molecule has 1 aromatic carbocycles. The van der Waals surface area contributed by atoms with E-state index in [-0.39, 0.29) is 11.8 Å². The van der Waals surface area contributed by atoms with Crippen molar-refractivity contribution in [3.05, 3.63) is 51.2 Å². The van der Waals surface area contributed by atoms with E-state index in [1.807, 2.05) is 35.7 Å². The van der Waals surface area contributed by atoms with Crippen LogP contribution in [-0.2, 0) is 4.79 Å². The van der Waals surface area contributed by atoms with E-state index in [9.17, 15) is 4.79 Å². The van der Waals surface area contributed by atoms with Crippen LogP contribution in [0.5, 0.6) is 0 Å². The standard InChI is InChI=1S/C13H10ClNOS/c14-9-3-1-8(2-4-9)10-7-12(16)15-11-5-6-17-13(10)11/h1-6,10H,7H2,(H,15,16)/t10-/m0/s1. The predicted octanol–water partition coefficient (Wildman–Crippen LogP) is 3.88. The zero-order valence-corrected chi connectivity index (χ0v) is 10.5. The summed E-state index contributed by atoms with van der Waals surface area (Å²) >= 11 is 7.57. The molecule has 0 bridgehead atoms. The molecule has 4 heteroatoms. The average Bonchev–Trinajstić information content (AvgIpc) is 2.77. The third-order valence-corrected chi connectivity index (χ3v) is 4.23. The molecular formula is C13H10ClNOS. The molecule has 2 nitrogen and oxygen atoms in total. The predicted molar refractivity (Wildman–Crippen MR) is 70.9 cm³/mol. The summed E-state index contributed by atoms with van der Waals surface area (Å²) in [6.45, 7) is 0. The molecule has 0 saturated heterocycles. The summed E-state index contributed by atoms with van der Waals surface area (Å²) in [5.41, 5.74) is 2.10. The van der Waals surface area contributed by atoms with Crippen LogP contribution in [0.15, 0.2) is 35.7 Å². The van der Waals surface area contributed by atoms with Gasteiger partial charge in [-0.15, -0.1) is 11.3 Å². The normalized spacial score (nSPS) is 18.6. The van der Waals surface area contributed by atoms with Crippen LogP contribution in [-0.4, -0.2) is 5.91 Å². The third kappa shape index (κ3) is 1.96. The lowest BCUT2D eigenvalue weighted by molar-refractivity contribution is -0.116. The summed E-state index contributed by atoms with van der Waals surface area (Å²) in [5, 5.41) is 5.63. The fraction of sp³-hybridized carbons (Fsp3) is 0.154. The van der Waals surface area contributed by atoms with Gasteiger partial charge in [0.15, 0.2) is 0 Å². The van der Waals surface area contributed by atoms with Gasteiger partial charge in [0.2, 0.25) is 5.91 Å². The first kappa shape index (κ1) is 10.8. The molecule has 1 aliphatic heterocycles. The topological polar surface area (TPSA) is 29.1 Å². The minimum absolute atomic E-state index is 0.0795. The first-order valence-corrected chi connectivity index (χ1v) is 6.62. The van der Waals surface area contributed by atoms with E-state index in [4.69, 9.17) is 11.6 Å². The number of amides is 1. The second-order valence-electron chi connectivity index (χ2n) is 4.05. The molecule has 1 aromatic heterocycles. The van der Waals surface area contributed by atoms with E-state index in [0.717, 1.165) is 16.3 Å². The number of thiophene rings is 1. The Bertz CT molecular complexity index is 561. The molecular weight excluding hydrogens is 254 g/mol. The van der Waals surface area contributed by atoms with Gasteiger partial charge in [-0.25, -0.2) is 0 Å². The van der Waals surface area contributed by atoms with Crippen LogP contribution >= 0.6 is 22.9 Å². The van der Waals surface area contributed by atoms with E-state index < -0.39 is 0 Å². The van der Waals surface area contributed by atoms with Crippen LogP contribution in [0.3, 0.4) is 0 Å². The van der Waals surface area contributed by atoms with Gasteiger partial charge in [-0.05, 0) is 29.1 Å². The Labute approximate surface area is 108 Å². The monoisotopic (exact) mass is 263 g/mol. The van der Waals surface area contributed by atoms with Gasteiger partial charge >= 0.3 is 0 Å². The smallest absolute Gasteiger partial charge is 0.225 e. The summed E-state index contributed by atoms with van der Waals surface area (Å²) in [4.78, 5) is 12.9. The molecule has 0 aliphatic carbocycles. The minimum atomic E-state index is 0.0795. The maximum absolute atomic E-state index is 11.6. The van der Waals surface area contributed by atoms with E-state index in [0.29, 0.717) is 6.42 Å². The van der Waals surface area contributed by atoms with E-state index in [1.54, 1.807) is 11.3 Å². The number of hydrogen-bond donors (Lipinski definition) is 1. The molecule has 1 N–H and O–H groups in total. The van der Waals surface area contributed by atoms with Gasteiger partial charge < -0.3 is 5.32 Å². The average molecular weight is 264 g/mol. The summed E-state index contributed by atoms with van der Waals surface area (Å²) in [7, 11) is 0. The molecule has 0 spiro atoms. The third-order valence-electron chi connectivity index (χ3n) is 2.95. The van der Waals surface area contributed by atoms with Crippen molar-refractivity contribution in [3.63, 3.8) is 0 Å². The molecule has 1 atom stereocenters. The van der Waals surface area contributed by atoms with Gasteiger partial charge in [-0.2, -0.15) is 0 Å². The Morgan fingerprint density at radius 3 is 2.76 bits per heavy atom. The Morgan fingerprint density at radius 1 is 1.24 bits per heavy atom. The summed E-state index contributed by atoms with van der Waals surface area (Å²) in [5.74, 6) is 0.242. The molecule has 1 aliphatic rings. The number of anilines is 1. The Kier molecular flexibility index (Phi) is 2.65. The van der Waals surface area contributed by atoms with Gasteiger partial charge in [0.05, 0.1) is 5.69 Å². The SMILES string of the molecule is O=C1C[C@@H](c2ccc(Cl)cc2)c2sccc2N1. The van der Waals surface area contributed by atoms with Crippen molar-refractivity contribution in [2.75, 3.05) is 5.32 Å². The van der Waals surface area contributed by atoms with Gasteiger partial charge in [0, 0.05) is 22.2 Å². The van der Waals surface area contributed by atoms with Crippen LogP contribution in [0.25, 0.3) is 0 Å². The number of benzene rings is 1. The lowest BCUT2D eigenvalue weighted by Crippen LogP contribution is -2.21. The van der Waals surface area contributed by atoms with Crippen molar-refractivity contribution in [1.29, 1.82) is 0 Å². The largest absolute Gasteiger partial charge is 0.325 e. The van der Waals surface area contributed by atoms with Crippen molar-refractivity contribution in [2.45, 2.75) is 12.3 Å². The second-order valence-corrected chi connectivity index (χ2v) is 5.44. The highest BCUT2D eigenvalue weighted by molar-refractivity contribution is 7.10. The summed E-state index contributed by atoms with van der Waals surface area (Å²) < 4.78 is 0. The molecule has 0 fully saturated rings. The highest BCUT2D eigenvalue weighted by Crippen LogP contribution is 2.40. The van der Waals surface area contributed by atoms with Crippen LogP contribution in [0.1, 0.15) is 22.8 Å².